The van der Waals surface area contributed by atoms with Crippen molar-refractivity contribution in [3.8, 4) is 0 Å². The summed E-state index contributed by atoms with van der Waals surface area (Å²) in [5, 5.41) is 10.7. The third-order valence-electron chi connectivity index (χ3n) is 4.54. The molecule has 9 heteroatoms. The van der Waals surface area contributed by atoms with Crippen molar-refractivity contribution in [1.82, 2.24) is 19.8 Å². The normalized spacial score (nSPS) is 19.4. The average Bonchev–Trinajstić information content (AvgIpc) is 3.33. The van der Waals surface area contributed by atoms with Crippen molar-refractivity contribution in [3.05, 3.63) is 29.8 Å². The zero-order valence-electron chi connectivity index (χ0n) is 16.0. The van der Waals surface area contributed by atoms with E-state index in [9.17, 15) is 9.59 Å². The number of aryl methyl sites for hydroxylation is 1. The van der Waals surface area contributed by atoms with Crippen LogP contribution in [0.5, 0.6) is 0 Å². The van der Waals surface area contributed by atoms with Gasteiger partial charge in [-0.25, -0.2) is 0 Å². The Morgan fingerprint density at radius 2 is 2.22 bits per heavy atom. The summed E-state index contributed by atoms with van der Waals surface area (Å²) in [4.78, 5) is 26.4. The standard InChI is InChI=1S/C18H25N5O4/c1-11(2)23-9-13(8-19-23)17-14(5-6-26-17)18(25)22(4)10-16(24)20-15-7-12(3)27-21-15/h7-9,11,14,17H,5-6,10H2,1-4H3,(H,20,21,24)/t14-,17+/m1/s1. The topological polar surface area (TPSA) is 102 Å². The fourth-order valence-corrected chi connectivity index (χ4v) is 3.14. The number of anilines is 1. The number of hydrogen-bond acceptors (Lipinski definition) is 6. The molecule has 3 rings (SSSR count). The zero-order chi connectivity index (χ0) is 19.6. The Kier molecular flexibility index (Phi) is 5.59. The van der Waals surface area contributed by atoms with Crippen LogP contribution in [0.1, 0.15) is 43.7 Å². The monoisotopic (exact) mass is 375 g/mol. The number of nitrogens with zero attached hydrogens (tertiary/aromatic N) is 4. The highest BCUT2D eigenvalue weighted by Crippen LogP contribution is 2.35. The maximum Gasteiger partial charge on any atom is 0.245 e. The number of ether oxygens (including phenoxy) is 1. The summed E-state index contributed by atoms with van der Waals surface area (Å²) in [5.74, 6) is 0.148. The van der Waals surface area contributed by atoms with Crippen LogP contribution in [0.4, 0.5) is 5.82 Å². The van der Waals surface area contributed by atoms with Gasteiger partial charge in [-0.15, -0.1) is 0 Å². The van der Waals surface area contributed by atoms with E-state index in [-0.39, 0.29) is 36.4 Å². The molecule has 0 aromatic carbocycles. The molecular weight excluding hydrogens is 350 g/mol. The van der Waals surface area contributed by atoms with E-state index in [2.05, 4.69) is 15.6 Å². The summed E-state index contributed by atoms with van der Waals surface area (Å²) in [5.41, 5.74) is 0.885. The lowest BCUT2D eigenvalue weighted by molar-refractivity contribution is -0.138. The Labute approximate surface area is 157 Å². The molecular formula is C18H25N5O4. The number of rotatable bonds is 6. The molecule has 1 fully saturated rings. The van der Waals surface area contributed by atoms with E-state index < -0.39 is 0 Å². The summed E-state index contributed by atoms with van der Waals surface area (Å²) < 4.78 is 12.5. The Morgan fingerprint density at radius 1 is 1.44 bits per heavy atom. The Hall–Kier alpha value is -2.68. The maximum atomic E-state index is 12.9. The van der Waals surface area contributed by atoms with Crippen molar-refractivity contribution in [2.75, 3.05) is 25.5 Å². The Morgan fingerprint density at radius 3 is 2.85 bits per heavy atom. The van der Waals surface area contributed by atoms with E-state index >= 15 is 0 Å². The van der Waals surface area contributed by atoms with E-state index in [1.807, 2.05) is 24.7 Å². The van der Waals surface area contributed by atoms with Crippen molar-refractivity contribution in [2.24, 2.45) is 5.92 Å². The van der Waals surface area contributed by atoms with Crippen LogP contribution in [0.25, 0.3) is 0 Å². The first-order chi connectivity index (χ1) is 12.8. The molecule has 0 bridgehead atoms. The number of likely N-dealkylation sites (N-methyl/N-ethyl adjacent to an activating group) is 1. The first-order valence-electron chi connectivity index (χ1n) is 8.99. The quantitative estimate of drug-likeness (QED) is 0.828. The fourth-order valence-electron chi connectivity index (χ4n) is 3.14. The van der Waals surface area contributed by atoms with Gasteiger partial charge < -0.3 is 19.5 Å². The molecule has 0 radical (unpaired) electrons. The van der Waals surface area contributed by atoms with Crippen molar-refractivity contribution >= 4 is 17.6 Å². The molecule has 2 atom stereocenters. The summed E-state index contributed by atoms with van der Waals surface area (Å²) in [6, 6.07) is 1.85. The second kappa shape index (κ2) is 7.91. The van der Waals surface area contributed by atoms with Gasteiger partial charge in [-0.05, 0) is 27.2 Å². The van der Waals surface area contributed by atoms with E-state index in [0.717, 1.165) is 5.56 Å². The lowest BCUT2D eigenvalue weighted by Gasteiger charge is -2.23. The molecule has 2 aromatic rings. The van der Waals surface area contributed by atoms with Crippen molar-refractivity contribution in [2.45, 2.75) is 39.3 Å². The molecule has 1 saturated heterocycles. The molecule has 3 heterocycles. The summed E-state index contributed by atoms with van der Waals surface area (Å²) >= 11 is 0. The minimum atomic E-state index is -0.339. The van der Waals surface area contributed by atoms with Crippen LogP contribution in [0.2, 0.25) is 0 Å². The molecule has 27 heavy (non-hydrogen) atoms. The third kappa shape index (κ3) is 4.36. The summed E-state index contributed by atoms with van der Waals surface area (Å²) in [7, 11) is 1.61. The number of amides is 2. The molecule has 0 saturated carbocycles. The van der Waals surface area contributed by atoms with Crippen molar-refractivity contribution in [3.63, 3.8) is 0 Å². The van der Waals surface area contributed by atoms with Crippen molar-refractivity contribution in [1.29, 1.82) is 0 Å². The molecule has 1 N–H and O–H groups in total. The van der Waals surface area contributed by atoms with Gasteiger partial charge >= 0.3 is 0 Å². The van der Waals surface area contributed by atoms with Crippen LogP contribution in [0.3, 0.4) is 0 Å². The number of nitrogens with one attached hydrogen (secondary N) is 1. The Bertz CT molecular complexity index is 812. The van der Waals surface area contributed by atoms with Crippen LogP contribution < -0.4 is 5.32 Å². The maximum absolute atomic E-state index is 12.9. The van der Waals surface area contributed by atoms with E-state index in [4.69, 9.17) is 9.26 Å². The molecule has 2 aromatic heterocycles. The molecule has 1 aliphatic heterocycles. The number of hydrogen-bond donors (Lipinski definition) is 1. The van der Waals surface area contributed by atoms with Gasteiger partial charge in [-0.1, -0.05) is 5.16 Å². The van der Waals surface area contributed by atoms with Gasteiger partial charge in [0.05, 0.1) is 24.8 Å². The molecule has 146 valence electrons. The van der Waals surface area contributed by atoms with E-state index in [0.29, 0.717) is 24.6 Å². The molecule has 1 aliphatic rings. The van der Waals surface area contributed by atoms with Crippen LogP contribution in [0, 0.1) is 12.8 Å². The smallest absolute Gasteiger partial charge is 0.245 e. The lowest BCUT2D eigenvalue weighted by Crippen LogP contribution is -2.39. The predicted molar refractivity (Wildman–Crippen MR) is 96.9 cm³/mol. The van der Waals surface area contributed by atoms with Crippen LogP contribution in [-0.2, 0) is 14.3 Å². The SMILES string of the molecule is Cc1cc(NC(=O)CN(C)C(=O)[C@@H]2CCO[C@H]2c2cnn(C(C)C)c2)no1. The highest BCUT2D eigenvalue weighted by molar-refractivity contribution is 5.94. The van der Waals surface area contributed by atoms with Gasteiger partial charge in [0.15, 0.2) is 5.82 Å². The van der Waals surface area contributed by atoms with E-state index in [1.165, 1.54) is 4.90 Å². The summed E-state index contributed by atoms with van der Waals surface area (Å²) in [6.45, 7) is 6.25. The number of aromatic nitrogens is 3. The second-order valence-electron chi connectivity index (χ2n) is 7.10. The third-order valence-corrected chi connectivity index (χ3v) is 4.54. The zero-order valence-corrected chi connectivity index (χ0v) is 16.0. The second-order valence-corrected chi connectivity index (χ2v) is 7.10. The fraction of sp³-hybridized carbons (Fsp3) is 0.556. The number of carbonyl (C=O) groups is 2. The van der Waals surface area contributed by atoms with Gasteiger partial charge in [0, 0.05) is 37.5 Å². The minimum absolute atomic E-state index is 0.0702. The number of carbonyl (C=O) groups excluding carboxylic acids is 2. The molecule has 0 spiro atoms. The van der Waals surface area contributed by atoms with Gasteiger partial charge in [-0.3, -0.25) is 14.3 Å². The van der Waals surface area contributed by atoms with Crippen LogP contribution in [-0.4, -0.2) is 51.9 Å². The van der Waals surface area contributed by atoms with Gasteiger partial charge in [0.1, 0.15) is 5.76 Å². The molecule has 2 amide bonds. The van der Waals surface area contributed by atoms with Crippen molar-refractivity contribution < 1.29 is 18.8 Å². The van der Waals surface area contributed by atoms with Crippen LogP contribution >= 0.6 is 0 Å². The van der Waals surface area contributed by atoms with E-state index in [1.54, 1.807) is 26.2 Å². The van der Waals surface area contributed by atoms with Crippen LogP contribution in [0.15, 0.2) is 23.0 Å². The minimum Gasteiger partial charge on any atom is -0.373 e. The van der Waals surface area contributed by atoms with Gasteiger partial charge in [0.25, 0.3) is 0 Å². The molecule has 9 nitrogen and oxygen atoms in total. The van der Waals surface area contributed by atoms with Gasteiger partial charge in [0.2, 0.25) is 11.8 Å². The molecule has 0 aliphatic carbocycles. The lowest BCUT2D eigenvalue weighted by atomic mass is 9.96. The molecule has 0 unspecified atom stereocenters. The first-order valence-corrected chi connectivity index (χ1v) is 8.99. The first kappa shape index (κ1) is 19.1. The largest absolute Gasteiger partial charge is 0.373 e. The predicted octanol–water partition coefficient (Wildman–Crippen LogP) is 1.94. The highest BCUT2D eigenvalue weighted by Gasteiger charge is 2.37. The highest BCUT2D eigenvalue weighted by atomic mass is 16.5. The summed E-state index contributed by atoms with van der Waals surface area (Å²) in [6.07, 6.45) is 3.94. The average molecular weight is 375 g/mol. The van der Waals surface area contributed by atoms with Gasteiger partial charge in [-0.2, -0.15) is 5.10 Å². The Balaban J connectivity index is 1.61.